The van der Waals surface area contributed by atoms with Gasteiger partial charge in [-0.3, -0.25) is 4.79 Å². The normalized spacial score (nSPS) is 15.2. The molecule has 0 aliphatic heterocycles. The van der Waals surface area contributed by atoms with Gasteiger partial charge in [-0.15, -0.1) is 11.3 Å². The Morgan fingerprint density at radius 2 is 1.85 bits per heavy atom. The maximum atomic E-state index is 12.7. The molecule has 0 unspecified atom stereocenters. The zero-order valence-corrected chi connectivity index (χ0v) is 17.2. The average molecular weight is 389 g/mol. The lowest BCUT2D eigenvalue weighted by Crippen LogP contribution is -2.37. The van der Waals surface area contributed by atoms with E-state index < -0.39 is 0 Å². The summed E-state index contributed by atoms with van der Waals surface area (Å²) >= 11 is 1.55. The van der Waals surface area contributed by atoms with Crippen molar-refractivity contribution in [3.63, 3.8) is 0 Å². The number of aromatic nitrogens is 1. The number of carbonyl (C=O) groups excluding carboxylic acids is 1. The highest BCUT2D eigenvalue weighted by Gasteiger charge is 2.22. The van der Waals surface area contributed by atoms with Gasteiger partial charge in [0.2, 0.25) is 5.91 Å². The molecule has 1 amide bonds. The van der Waals surface area contributed by atoms with E-state index in [0.29, 0.717) is 24.0 Å². The number of hydrogen-bond acceptors (Lipinski definition) is 5. The minimum absolute atomic E-state index is 0.158. The molecule has 0 saturated heterocycles. The minimum atomic E-state index is 0.158. The molecule has 1 aliphatic carbocycles. The van der Waals surface area contributed by atoms with Crippen LogP contribution >= 0.6 is 11.3 Å². The summed E-state index contributed by atoms with van der Waals surface area (Å²) < 4.78 is 10.7. The molecular weight excluding hydrogens is 360 g/mol. The summed E-state index contributed by atoms with van der Waals surface area (Å²) in [4.78, 5) is 19.3. The zero-order chi connectivity index (χ0) is 19.2. The lowest BCUT2D eigenvalue weighted by Gasteiger charge is -2.27. The van der Waals surface area contributed by atoms with E-state index in [2.05, 4.69) is 4.98 Å². The molecule has 0 radical (unpaired) electrons. The maximum absolute atomic E-state index is 12.7. The monoisotopic (exact) mass is 388 g/mol. The van der Waals surface area contributed by atoms with Gasteiger partial charge in [-0.25, -0.2) is 4.98 Å². The van der Waals surface area contributed by atoms with E-state index in [1.807, 2.05) is 35.5 Å². The summed E-state index contributed by atoms with van der Waals surface area (Å²) in [6.45, 7) is 0. The molecule has 1 fully saturated rings. The van der Waals surface area contributed by atoms with Gasteiger partial charge < -0.3 is 14.4 Å². The van der Waals surface area contributed by atoms with Crippen molar-refractivity contribution in [2.75, 3.05) is 21.3 Å². The van der Waals surface area contributed by atoms with Gasteiger partial charge in [-0.05, 0) is 31.0 Å². The molecule has 1 aromatic carbocycles. The first-order valence-corrected chi connectivity index (χ1v) is 10.4. The number of methoxy groups -OCH3 is 2. The zero-order valence-electron chi connectivity index (χ0n) is 16.4. The van der Waals surface area contributed by atoms with Crippen molar-refractivity contribution in [2.24, 2.45) is 0 Å². The molecule has 0 spiro atoms. The van der Waals surface area contributed by atoms with Crippen LogP contribution in [0.5, 0.6) is 11.5 Å². The van der Waals surface area contributed by atoms with Crippen LogP contribution in [-0.2, 0) is 11.2 Å². The fourth-order valence-electron chi connectivity index (χ4n) is 3.62. The smallest absolute Gasteiger partial charge is 0.228 e. The number of hydrogen-bond donors (Lipinski definition) is 0. The Bertz CT molecular complexity index is 767. The molecule has 6 heteroatoms. The second kappa shape index (κ2) is 9.22. The van der Waals surface area contributed by atoms with E-state index >= 15 is 0 Å². The highest BCUT2D eigenvalue weighted by atomic mass is 32.1. The molecular formula is C21H28N2O3S. The van der Waals surface area contributed by atoms with Gasteiger partial charge in [-0.2, -0.15) is 0 Å². The third-order valence-electron chi connectivity index (χ3n) is 5.28. The third kappa shape index (κ3) is 4.80. The first-order chi connectivity index (χ1) is 13.1. The number of carbonyl (C=O) groups is 1. The van der Waals surface area contributed by atoms with Crippen LogP contribution in [0.2, 0.25) is 0 Å². The van der Waals surface area contributed by atoms with Crippen LogP contribution in [0.15, 0.2) is 23.6 Å². The number of thiazole rings is 1. The van der Waals surface area contributed by atoms with Crippen molar-refractivity contribution in [1.82, 2.24) is 9.88 Å². The molecule has 2 aromatic rings. The summed E-state index contributed by atoms with van der Waals surface area (Å²) in [7, 11) is 5.19. The fraction of sp³-hybridized carbons (Fsp3) is 0.524. The quantitative estimate of drug-likeness (QED) is 0.681. The Morgan fingerprint density at radius 3 is 2.52 bits per heavy atom. The van der Waals surface area contributed by atoms with Crippen molar-refractivity contribution in [1.29, 1.82) is 0 Å². The Kier molecular flexibility index (Phi) is 6.72. The van der Waals surface area contributed by atoms with E-state index in [1.54, 1.807) is 25.6 Å². The molecule has 1 saturated carbocycles. The number of rotatable bonds is 6. The standard InChI is InChI=1S/C21H28N2O3S/c1-23(17-8-6-4-5-7-9-17)20(24)13-16-14-27-21(22-16)15-10-11-18(25-2)19(12-15)26-3/h10-12,14,17H,4-9,13H2,1-3H3. The van der Waals surface area contributed by atoms with E-state index in [0.717, 1.165) is 29.1 Å². The van der Waals surface area contributed by atoms with Crippen LogP contribution in [0, 0.1) is 0 Å². The summed E-state index contributed by atoms with van der Waals surface area (Å²) in [6.07, 6.45) is 7.63. The summed E-state index contributed by atoms with van der Waals surface area (Å²) in [5.74, 6) is 1.53. The van der Waals surface area contributed by atoms with Crippen molar-refractivity contribution in [3.05, 3.63) is 29.3 Å². The van der Waals surface area contributed by atoms with Crippen LogP contribution in [0.3, 0.4) is 0 Å². The van der Waals surface area contributed by atoms with Crippen LogP contribution in [0.25, 0.3) is 10.6 Å². The summed E-state index contributed by atoms with van der Waals surface area (Å²) in [5.41, 5.74) is 1.80. The molecule has 1 heterocycles. The highest BCUT2D eigenvalue weighted by Crippen LogP contribution is 2.33. The predicted octanol–water partition coefficient (Wildman–Crippen LogP) is 4.55. The molecule has 5 nitrogen and oxygen atoms in total. The number of likely N-dealkylation sites (N-methyl/N-ethyl adjacent to an activating group) is 1. The number of ether oxygens (including phenoxy) is 2. The van der Waals surface area contributed by atoms with Crippen molar-refractivity contribution < 1.29 is 14.3 Å². The Balaban J connectivity index is 1.67. The number of amides is 1. The highest BCUT2D eigenvalue weighted by molar-refractivity contribution is 7.13. The average Bonchev–Trinajstić information content (AvgIpc) is 2.99. The predicted molar refractivity (Wildman–Crippen MR) is 109 cm³/mol. The molecule has 1 aromatic heterocycles. The Morgan fingerprint density at radius 1 is 1.15 bits per heavy atom. The first kappa shape index (κ1) is 19.7. The van der Waals surface area contributed by atoms with E-state index in [-0.39, 0.29) is 5.91 Å². The van der Waals surface area contributed by atoms with Crippen molar-refractivity contribution in [3.8, 4) is 22.1 Å². The third-order valence-corrected chi connectivity index (χ3v) is 6.22. The second-order valence-electron chi connectivity index (χ2n) is 7.04. The molecule has 3 rings (SSSR count). The molecule has 0 N–H and O–H groups in total. The van der Waals surface area contributed by atoms with E-state index in [9.17, 15) is 4.79 Å². The van der Waals surface area contributed by atoms with Gasteiger partial charge in [-0.1, -0.05) is 25.7 Å². The molecule has 1 aliphatic rings. The molecule has 27 heavy (non-hydrogen) atoms. The molecule has 0 atom stereocenters. The first-order valence-electron chi connectivity index (χ1n) is 9.55. The lowest BCUT2D eigenvalue weighted by atomic mass is 10.1. The van der Waals surface area contributed by atoms with Crippen LogP contribution in [0.1, 0.15) is 44.2 Å². The second-order valence-corrected chi connectivity index (χ2v) is 7.90. The van der Waals surface area contributed by atoms with Gasteiger partial charge in [0.1, 0.15) is 5.01 Å². The van der Waals surface area contributed by atoms with Gasteiger partial charge >= 0.3 is 0 Å². The minimum Gasteiger partial charge on any atom is -0.493 e. The Labute approximate surface area is 165 Å². The largest absolute Gasteiger partial charge is 0.493 e. The fourth-order valence-corrected chi connectivity index (χ4v) is 4.44. The van der Waals surface area contributed by atoms with E-state index in [1.165, 1.54) is 25.7 Å². The molecule has 146 valence electrons. The van der Waals surface area contributed by atoms with Crippen molar-refractivity contribution in [2.45, 2.75) is 51.0 Å². The number of nitrogens with zero attached hydrogens (tertiary/aromatic N) is 2. The SMILES string of the molecule is COc1ccc(-c2nc(CC(=O)N(C)C3CCCCCC3)cs2)cc1OC. The van der Waals surface area contributed by atoms with Crippen LogP contribution in [-0.4, -0.2) is 43.1 Å². The topological polar surface area (TPSA) is 51.7 Å². The van der Waals surface area contributed by atoms with E-state index in [4.69, 9.17) is 9.47 Å². The van der Waals surface area contributed by atoms with Crippen molar-refractivity contribution >= 4 is 17.2 Å². The Hall–Kier alpha value is -2.08. The molecule has 0 bridgehead atoms. The van der Waals surface area contributed by atoms with Gasteiger partial charge in [0.25, 0.3) is 0 Å². The van der Waals surface area contributed by atoms with Gasteiger partial charge in [0, 0.05) is 24.0 Å². The maximum Gasteiger partial charge on any atom is 0.228 e. The number of benzene rings is 1. The summed E-state index contributed by atoms with van der Waals surface area (Å²) in [6, 6.07) is 6.13. The van der Waals surface area contributed by atoms with Gasteiger partial charge in [0.15, 0.2) is 11.5 Å². The van der Waals surface area contributed by atoms with Gasteiger partial charge in [0.05, 0.1) is 26.3 Å². The van der Waals surface area contributed by atoms with Crippen LogP contribution in [0.4, 0.5) is 0 Å². The summed E-state index contributed by atoms with van der Waals surface area (Å²) in [5, 5.41) is 2.86. The van der Waals surface area contributed by atoms with Crippen LogP contribution < -0.4 is 9.47 Å². The lowest BCUT2D eigenvalue weighted by molar-refractivity contribution is -0.131.